The average Bonchev–Trinajstić information content (AvgIpc) is 3.39. The molecule has 11 heteroatoms. The number of aromatic nitrogens is 2. The van der Waals surface area contributed by atoms with Crippen LogP contribution in [0.1, 0.15) is 37.6 Å². The molecule has 0 aliphatic carbocycles. The van der Waals surface area contributed by atoms with Gasteiger partial charge in [0.05, 0.1) is 0 Å². The number of hydrogen-bond donors (Lipinski definition) is 2. The summed E-state index contributed by atoms with van der Waals surface area (Å²) in [5.41, 5.74) is 1.47. The molecule has 1 amide bonds. The van der Waals surface area contributed by atoms with Crippen LogP contribution in [0, 0.1) is 14.8 Å². The van der Waals surface area contributed by atoms with Crippen molar-refractivity contribution in [3.63, 3.8) is 0 Å². The minimum absolute atomic E-state index is 0.128. The van der Waals surface area contributed by atoms with Gasteiger partial charge in [-0.05, 0) is 27.1 Å². The van der Waals surface area contributed by atoms with Crippen LogP contribution in [0.3, 0.4) is 0 Å². The summed E-state index contributed by atoms with van der Waals surface area (Å²) in [6, 6.07) is 19.8. The first kappa shape index (κ1) is 32.2. The van der Waals surface area contributed by atoms with Gasteiger partial charge in [0, 0.05) is 6.54 Å². The summed E-state index contributed by atoms with van der Waals surface area (Å²) in [4.78, 5) is 24.4. The Kier molecular flexibility index (Phi) is 10.5. The van der Waals surface area contributed by atoms with Crippen molar-refractivity contribution in [3.8, 4) is 11.6 Å². The van der Waals surface area contributed by atoms with E-state index in [1.54, 1.807) is 6.07 Å². The molecule has 8 nitrogen and oxygen atoms in total. The second-order valence-electron chi connectivity index (χ2n) is 11.5. The van der Waals surface area contributed by atoms with Crippen molar-refractivity contribution in [2.75, 3.05) is 32.5 Å². The summed E-state index contributed by atoms with van der Waals surface area (Å²) in [5, 5.41) is 8.25. The minimum Gasteiger partial charge on any atom is -0.219 e. The zero-order valence-electron chi connectivity index (χ0n) is 25.4. The molecule has 2 heterocycles. The minimum atomic E-state index is -2.05. The summed E-state index contributed by atoms with van der Waals surface area (Å²) < 4.78 is 26.8. The SMILES string of the molecule is CN(C)CCCNc1cc(Oc2ccc3c(C(=O)NC4=CC(C(C)(C)C)=NI4[I-]c4ccc(F)cc4)cccc3c2)ncn1. The van der Waals surface area contributed by atoms with E-state index in [1.165, 1.54) is 18.5 Å². The molecule has 0 spiro atoms. The third kappa shape index (κ3) is 8.51. The predicted octanol–water partition coefficient (Wildman–Crippen LogP) is 4.29. The zero-order valence-corrected chi connectivity index (χ0v) is 29.7. The van der Waals surface area contributed by atoms with E-state index in [1.807, 2.05) is 48.5 Å². The van der Waals surface area contributed by atoms with Gasteiger partial charge in [-0.15, -0.1) is 0 Å². The molecule has 0 fully saturated rings. The van der Waals surface area contributed by atoms with E-state index in [2.05, 4.69) is 66.4 Å². The molecule has 1 aliphatic rings. The summed E-state index contributed by atoms with van der Waals surface area (Å²) in [5.74, 6) is 1.36. The van der Waals surface area contributed by atoms with Gasteiger partial charge >= 0.3 is 225 Å². The first-order valence-corrected chi connectivity index (χ1v) is 23.6. The number of ether oxygens (including phenoxy) is 1. The molecule has 0 saturated heterocycles. The van der Waals surface area contributed by atoms with E-state index in [4.69, 9.17) is 7.94 Å². The summed E-state index contributed by atoms with van der Waals surface area (Å²) >= 11 is -2.55. The molecular formula is C33H36FI2N6O2-. The van der Waals surface area contributed by atoms with Gasteiger partial charge in [-0.2, -0.15) is 0 Å². The van der Waals surface area contributed by atoms with E-state index in [-0.39, 0.29) is 17.1 Å². The number of fused-ring (bicyclic) bond motifs is 1. The third-order valence-electron chi connectivity index (χ3n) is 6.60. The molecule has 3 aromatic carbocycles. The number of carbonyl (C=O) groups is 1. The number of anilines is 1. The number of benzene rings is 3. The van der Waals surface area contributed by atoms with Crippen LogP contribution in [-0.4, -0.2) is 53.7 Å². The first-order chi connectivity index (χ1) is 21.0. The molecule has 44 heavy (non-hydrogen) atoms. The standard InChI is InChI=1S/C33H36FI2N6O2/c1-33(2,3)28-19-29(36(41-28)35-24-12-10-23(34)11-13-24)40-32(43)27-9-6-8-22-18-25(14-15-26(22)27)44-31-20-30(38-21-39-31)37-16-7-17-42(4)5/h6,8-15,18-21H,7,16-17H2,1-5H3,(H,40,43)(H,37,38,39)/q-1. The Labute approximate surface area is 271 Å². The number of carbonyl (C=O) groups excluding carboxylic acids is 1. The van der Waals surface area contributed by atoms with E-state index in [0.717, 1.165) is 43.3 Å². The van der Waals surface area contributed by atoms with E-state index >= 15 is 0 Å². The van der Waals surface area contributed by atoms with Crippen molar-refractivity contribution in [1.82, 2.24) is 20.2 Å². The predicted molar refractivity (Wildman–Crippen MR) is 179 cm³/mol. The molecule has 0 atom stereocenters. The van der Waals surface area contributed by atoms with Crippen LogP contribution in [0.25, 0.3) is 10.8 Å². The Balaban J connectivity index is 1.31. The van der Waals surface area contributed by atoms with Gasteiger partial charge in [0.1, 0.15) is 0 Å². The quantitative estimate of drug-likeness (QED) is 0.134. The Morgan fingerprint density at radius 3 is 2.59 bits per heavy atom. The molecule has 1 aliphatic heterocycles. The average molecular weight is 821 g/mol. The van der Waals surface area contributed by atoms with Gasteiger partial charge < -0.3 is 10.2 Å². The smallest absolute Gasteiger partial charge is 0.219 e. The van der Waals surface area contributed by atoms with Crippen LogP contribution in [0.4, 0.5) is 10.2 Å². The third-order valence-corrected chi connectivity index (χ3v) is 20.6. The molecule has 232 valence electrons. The first-order valence-electron chi connectivity index (χ1n) is 14.2. The second kappa shape index (κ2) is 14.3. The van der Waals surface area contributed by atoms with Gasteiger partial charge in [-0.25, -0.2) is 4.98 Å². The summed E-state index contributed by atoms with van der Waals surface area (Å²) in [6.45, 7) is 8.18. The van der Waals surface area contributed by atoms with Gasteiger partial charge in [0.25, 0.3) is 0 Å². The van der Waals surface area contributed by atoms with Crippen molar-refractivity contribution in [2.45, 2.75) is 27.2 Å². The van der Waals surface area contributed by atoms with Crippen LogP contribution in [0.5, 0.6) is 11.6 Å². The van der Waals surface area contributed by atoms with Crippen LogP contribution >= 0.6 is 16.1 Å². The fourth-order valence-corrected chi connectivity index (χ4v) is 17.9. The van der Waals surface area contributed by atoms with Crippen molar-refractivity contribution in [2.24, 2.45) is 8.62 Å². The van der Waals surface area contributed by atoms with Gasteiger partial charge in [0.2, 0.25) is 0 Å². The number of halogens is 3. The Morgan fingerprint density at radius 2 is 1.84 bits per heavy atom. The second-order valence-corrected chi connectivity index (χ2v) is 24.0. The van der Waals surface area contributed by atoms with Crippen LogP contribution < -0.4 is 32.6 Å². The van der Waals surface area contributed by atoms with E-state index in [9.17, 15) is 9.18 Å². The molecule has 1 aromatic heterocycles. The molecule has 0 saturated carbocycles. The summed E-state index contributed by atoms with van der Waals surface area (Å²) in [7, 11) is 4.10. The fraction of sp³-hybridized carbons (Fsp3) is 0.273. The Bertz CT molecular complexity index is 1700. The number of rotatable bonds is 11. The number of nitrogens with zero attached hydrogens (tertiary/aromatic N) is 4. The fourth-order valence-electron chi connectivity index (χ4n) is 4.27. The van der Waals surface area contributed by atoms with E-state index in [0.29, 0.717) is 23.0 Å². The van der Waals surface area contributed by atoms with Crippen LogP contribution in [0.2, 0.25) is 0 Å². The van der Waals surface area contributed by atoms with E-state index < -0.39 is 33.3 Å². The van der Waals surface area contributed by atoms with Gasteiger partial charge in [0.15, 0.2) is 0 Å². The van der Waals surface area contributed by atoms with Crippen molar-refractivity contribution >= 4 is 44.3 Å². The van der Waals surface area contributed by atoms with Crippen molar-refractivity contribution in [3.05, 3.63) is 97.8 Å². The molecular weight excluding hydrogens is 785 g/mol. The molecule has 0 radical (unpaired) electrons. The van der Waals surface area contributed by atoms with Crippen LogP contribution in [0.15, 0.2) is 86.0 Å². The maximum absolute atomic E-state index is 13.7. The molecule has 2 N–H and O–H groups in total. The molecule has 4 aromatic rings. The van der Waals surface area contributed by atoms with Gasteiger partial charge in [-0.3, -0.25) is 0 Å². The van der Waals surface area contributed by atoms with Crippen LogP contribution in [-0.2, 0) is 0 Å². The number of nitrogens with one attached hydrogen (secondary N) is 2. The molecule has 0 bridgehead atoms. The zero-order chi connectivity index (χ0) is 31.3. The molecule has 5 rings (SSSR count). The normalized spacial score (nSPS) is 14.1. The Morgan fingerprint density at radius 1 is 1.05 bits per heavy atom. The summed E-state index contributed by atoms with van der Waals surface area (Å²) in [6.07, 6.45) is 4.54. The maximum atomic E-state index is 13.7. The molecule has 0 unspecified atom stereocenters. The number of hydrogen-bond acceptors (Lipinski definition) is 7. The van der Waals surface area contributed by atoms with Gasteiger partial charge in [-0.1, -0.05) is 0 Å². The topological polar surface area (TPSA) is 91.7 Å². The van der Waals surface area contributed by atoms with Crippen molar-refractivity contribution < 1.29 is 31.2 Å². The Hall–Kier alpha value is -3.17. The number of allylic oxidation sites excluding steroid dienone is 1. The number of amides is 1. The monoisotopic (exact) mass is 821 g/mol. The van der Waals surface area contributed by atoms with Crippen molar-refractivity contribution in [1.29, 1.82) is 0 Å².